The minimum absolute atomic E-state index is 1.14. The number of rotatable bonds is 3. The topological polar surface area (TPSA) is 0 Å². The van der Waals surface area contributed by atoms with Gasteiger partial charge in [0.25, 0.3) is 0 Å². The van der Waals surface area contributed by atoms with Crippen LogP contribution in [0, 0.1) is 0 Å². The average Bonchev–Trinajstić information content (AvgIpc) is 2.15. The summed E-state index contributed by atoms with van der Waals surface area (Å²) in [5, 5.41) is 2.22. The molecule has 0 aromatic heterocycles. The molecule has 0 radical (unpaired) electrons. The Hall–Kier alpha value is -0.690. The molecule has 0 spiro atoms. The molecule has 1 heteroatoms. The van der Waals surface area contributed by atoms with Crippen molar-refractivity contribution in [3.05, 3.63) is 41.3 Å². The monoisotopic (exact) mass is 178 g/mol. The van der Waals surface area contributed by atoms with Crippen molar-refractivity contribution in [1.82, 2.24) is 0 Å². The zero-order chi connectivity index (χ0) is 8.81. The van der Waals surface area contributed by atoms with Gasteiger partial charge in [0, 0.05) is 0 Å². The summed E-state index contributed by atoms with van der Waals surface area (Å²) in [6.45, 7) is 4.32. The standard InChI is InChI=1S/C11H14S/c1-3-12-9-10(2)11-7-5-4-6-8-11/h4-9H,3H2,1-2H3/b10-9-. The van der Waals surface area contributed by atoms with Crippen LogP contribution in [0.5, 0.6) is 0 Å². The number of hydrogen-bond donors (Lipinski definition) is 0. The summed E-state index contributed by atoms with van der Waals surface area (Å²) in [6.07, 6.45) is 0. The second kappa shape index (κ2) is 5.04. The molecule has 0 atom stereocenters. The lowest BCUT2D eigenvalue weighted by Crippen LogP contribution is -1.76. The van der Waals surface area contributed by atoms with Crippen LogP contribution < -0.4 is 0 Å². The second-order valence-electron chi connectivity index (χ2n) is 2.62. The lowest BCUT2D eigenvalue weighted by Gasteiger charge is -1.99. The Labute approximate surface area is 78.7 Å². The van der Waals surface area contributed by atoms with Crippen molar-refractivity contribution in [1.29, 1.82) is 0 Å². The second-order valence-corrected chi connectivity index (χ2v) is 3.77. The molecular weight excluding hydrogens is 164 g/mol. The van der Waals surface area contributed by atoms with E-state index in [0.29, 0.717) is 0 Å². The molecule has 0 fully saturated rings. The summed E-state index contributed by atoms with van der Waals surface area (Å²) in [4.78, 5) is 0. The summed E-state index contributed by atoms with van der Waals surface area (Å²) >= 11 is 1.85. The molecule has 12 heavy (non-hydrogen) atoms. The Morgan fingerprint density at radius 3 is 2.58 bits per heavy atom. The largest absolute Gasteiger partial charge is 0.134 e. The lowest BCUT2D eigenvalue weighted by atomic mass is 10.1. The first-order chi connectivity index (χ1) is 5.84. The van der Waals surface area contributed by atoms with E-state index >= 15 is 0 Å². The van der Waals surface area contributed by atoms with E-state index in [2.05, 4.69) is 43.5 Å². The fraction of sp³-hybridized carbons (Fsp3) is 0.273. The summed E-state index contributed by atoms with van der Waals surface area (Å²) in [5.74, 6) is 1.14. The molecule has 0 aliphatic carbocycles. The van der Waals surface area contributed by atoms with E-state index < -0.39 is 0 Å². The van der Waals surface area contributed by atoms with Gasteiger partial charge < -0.3 is 0 Å². The number of thioether (sulfide) groups is 1. The molecule has 0 unspecified atom stereocenters. The molecule has 1 aromatic rings. The van der Waals surface area contributed by atoms with Gasteiger partial charge in [-0.3, -0.25) is 0 Å². The maximum atomic E-state index is 2.22. The molecule has 0 aliphatic rings. The molecule has 0 bridgehead atoms. The Morgan fingerprint density at radius 2 is 2.00 bits per heavy atom. The van der Waals surface area contributed by atoms with Gasteiger partial charge in [-0.25, -0.2) is 0 Å². The van der Waals surface area contributed by atoms with E-state index in [9.17, 15) is 0 Å². The number of benzene rings is 1. The van der Waals surface area contributed by atoms with Crippen molar-refractivity contribution in [3.63, 3.8) is 0 Å². The third-order valence-electron chi connectivity index (χ3n) is 1.66. The third kappa shape index (κ3) is 2.74. The van der Waals surface area contributed by atoms with Crippen LogP contribution in [0.15, 0.2) is 35.7 Å². The van der Waals surface area contributed by atoms with Crippen molar-refractivity contribution in [2.75, 3.05) is 5.75 Å². The van der Waals surface area contributed by atoms with Gasteiger partial charge in [0.2, 0.25) is 0 Å². The highest BCUT2D eigenvalue weighted by molar-refractivity contribution is 8.02. The Kier molecular flexibility index (Phi) is 3.95. The lowest BCUT2D eigenvalue weighted by molar-refractivity contribution is 1.53. The van der Waals surface area contributed by atoms with Gasteiger partial charge >= 0.3 is 0 Å². The summed E-state index contributed by atoms with van der Waals surface area (Å²) in [6, 6.07) is 10.5. The van der Waals surface area contributed by atoms with Crippen molar-refractivity contribution in [3.8, 4) is 0 Å². The predicted molar refractivity (Wildman–Crippen MR) is 58.2 cm³/mol. The van der Waals surface area contributed by atoms with Crippen molar-refractivity contribution >= 4 is 17.3 Å². The highest BCUT2D eigenvalue weighted by atomic mass is 32.2. The average molecular weight is 178 g/mol. The zero-order valence-corrected chi connectivity index (χ0v) is 8.40. The van der Waals surface area contributed by atoms with Crippen molar-refractivity contribution in [2.45, 2.75) is 13.8 Å². The van der Waals surface area contributed by atoms with Crippen LogP contribution in [0.4, 0.5) is 0 Å². The zero-order valence-electron chi connectivity index (χ0n) is 7.58. The SMILES string of the molecule is CCS/C=C(/C)c1ccccc1. The molecule has 0 saturated heterocycles. The van der Waals surface area contributed by atoms with Crippen LogP contribution in [-0.4, -0.2) is 5.75 Å². The fourth-order valence-corrected chi connectivity index (χ4v) is 1.53. The summed E-state index contributed by atoms with van der Waals surface area (Å²) in [5.41, 5.74) is 2.67. The van der Waals surface area contributed by atoms with Gasteiger partial charge in [-0.15, -0.1) is 11.8 Å². The summed E-state index contributed by atoms with van der Waals surface area (Å²) < 4.78 is 0. The molecular formula is C11H14S. The molecule has 0 aliphatic heterocycles. The van der Waals surface area contributed by atoms with Crippen LogP contribution in [0.2, 0.25) is 0 Å². The molecule has 1 rings (SSSR count). The molecule has 0 heterocycles. The third-order valence-corrected chi connectivity index (χ3v) is 2.51. The highest BCUT2D eigenvalue weighted by Gasteiger charge is 1.91. The number of hydrogen-bond acceptors (Lipinski definition) is 1. The predicted octanol–water partition coefficient (Wildman–Crippen LogP) is 3.80. The van der Waals surface area contributed by atoms with Crippen LogP contribution >= 0.6 is 11.8 Å². The minimum atomic E-state index is 1.14. The first-order valence-electron chi connectivity index (χ1n) is 4.18. The molecule has 0 N–H and O–H groups in total. The maximum Gasteiger partial charge on any atom is -0.00543 e. The van der Waals surface area contributed by atoms with Gasteiger partial charge in [0.15, 0.2) is 0 Å². The molecule has 0 nitrogen and oxygen atoms in total. The quantitative estimate of drug-likeness (QED) is 0.678. The van der Waals surface area contributed by atoms with Gasteiger partial charge in [-0.1, -0.05) is 37.3 Å². The normalized spacial score (nSPS) is 11.7. The van der Waals surface area contributed by atoms with Gasteiger partial charge in [-0.05, 0) is 29.2 Å². The maximum absolute atomic E-state index is 2.22. The molecule has 0 saturated carbocycles. The van der Waals surface area contributed by atoms with E-state index in [-0.39, 0.29) is 0 Å². The van der Waals surface area contributed by atoms with Crippen LogP contribution in [0.1, 0.15) is 19.4 Å². The highest BCUT2D eigenvalue weighted by Crippen LogP contribution is 2.16. The van der Waals surface area contributed by atoms with E-state index in [0.717, 1.165) is 5.75 Å². The summed E-state index contributed by atoms with van der Waals surface area (Å²) in [7, 11) is 0. The van der Waals surface area contributed by atoms with Crippen LogP contribution in [0.25, 0.3) is 5.57 Å². The fourth-order valence-electron chi connectivity index (χ4n) is 0.977. The van der Waals surface area contributed by atoms with Gasteiger partial charge in [-0.2, -0.15) is 0 Å². The molecule has 0 amide bonds. The van der Waals surface area contributed by atoms with Crippen LogP contribution in [0.3, 0.4) is 0 Å². The Balaban J connectivity index is 2.71. The minimum Gasteiger partial charge on any atom is -0.134 e. The van der Waals surface area contributed by atoms with Crippen molar-refractivity contribution < 1.29 is 0 Å². The Bertz CT molecular complexity index is 249. The first kappa shape index (κ1) is 9.40. The first-order valence-corrected chi connectivity index (χ1v) is 5.23. The van der Waals surface area contributed by atoms with Crippen LogP contribution in [-0.2, 0) is 0 Å². The Morgan fingerprint density at radius 1 is 1.33 bits per heavy atom. The number of allylic oxidation sites excluding steroid dienone is 1. The van der Waals surface area contributed by atoms with Crippen molar-refractivity contribution in [2.24, 2.45) is 0 Å². The van der Waals surface area contributed by atoms with Gasteiger partial charge in [0.05, 0.1) is 0 Å². The van der Waals surface area contributed by atoms with E-state index in [1.807, 2.05) is 17.8 Å². The van der Waals surface area contributed by atoms with E-state index in [1.54, 1.807) is 0 Å². The smallest absolute Gasteiger partial charge is 0.00543 e. The van der Waals surface area contributed by atoms with E-state index in [1.165, 1.54) is 11.1 Å². The molecule has 1 aromatic carbocycles. The molecule has 64 valence electrons. The van der Waals surface area contributed by atoms with Gasteiger partial charge in [0.1, 0.15) is 0 Å². The van der Waals surface area contributed by atoms with E-state index in [4.69, 9.17) is 0 Å².